The fraction of sp³-hybridized carbons (Fsp3) is 0.650. The molecule has 146 valence electrons. The minimum Gasteiger partial charge on any atom is -0.415 e. The summed E-state index contributed by atoms with van der Waals surface area (Å²) in [6, 6.07) is 2.66. The van der Waals surface area contributed by atoms with Gasteiger partial charge in [0.15, 0.2) is 8.32 Å². The summed E-state index contributed by atoms with van der Waals surface area (Å²) in [6.07, 6.45) is 0. The SMILES string of the molecule is Cc1cc(F)c([C@@H]2CN(CCO[Si](C)(C)C(C)(C)C)C(=O)[C@H]2C)c(F)c1. The van der Waals surface area contributed by atoms with Crippen LogP contribution in [0.4, 0.5) is 8.78 Å². The van der Waals surface area contributed by atoms with Gasteiger partial charge in [-0.1, -0.05) is 27.7 Å². The van der Waals surface area contributed by atoms with Crippen molar-refractivity contribution in [1.29, 1.82) is 0 Å². The molecule has 0 bridgehead atoms. The normalized spacial score (nSPS) is 21.6. The monoisotopic (exact) mass is 383 g/mol. The van der Waals surface area contributed by atoms with Gasteiger partial charge in [-0.25, -0.2) is 8.78 Å². The largest absolute Gasteiger partial charge is 0.415 e. The molecule has 3 nitrogen and oxygen atoms in total. The zero-order chi connectivity index (χ0) is 19.9. The number of rotatable bonds is 5. The number of benzene rings is 1. The van der Waals surface area contributed by atoms with Crippen LogP contribution in [0.25, 0.3) is 0 Å². The Morgan fingerprint density at radius 3 is 2.27 bits per heavy atom. The summed E-state index contributed by atoms with van der Waals surface area (Å²) in [5.74, 6) is -2.09. The van der Waals surface area contributed by atoms with E-state index in [4.69, 9.17) is 4.43 Å². The van der Waals surface area contributed by atoms with E-state index in [9.17, 15) is 13.6 Å². The highest BCUT2D eigenvalue weighted by Gasteiger charge is 2.41. The lowest BCUT2D eigenvalue weighted by atomic mass is 9.88. The predicted molar refractivity (Wildman–Crippen MR) is 103 cm³/mol. The summed E-state index contributed by atoms with van der Waals surface area (Å²) in [6.45, 7) is 15.5. The zero-order valence-electron chi connectivity index (χ0n) is 17.0. The molecule has 0 aliphatic carbocycles. The van der Waals surface area contributed by atoms with Crippen LogP contribution in [0, 0.1) is 24.5 Å². The van der Waals surface area contributed by atoms with Crippen molar-refractivity contribution in [1.82, 2.24) is 4.90 Å². The number of nitrogens with zero attached hydrogens (tertiary/aromatic N) is 1. The van der Waals surface area contributed by atoms with E-state index in [1.165, 1.54) is 12.1 Å². The van der Waals surface area contributed by atoms with E-state index in [0.717, 1.165) is 0 Å². The quantitative estimate of drug-likeness (QED) is 0.680. The lowest BCUT2D eigenvalue weighted by Crippen LogP contribution is -2.43. The molecule has 26 heavy (non-hydrogen) atoms. The maximum absolute atomic E-state index is 14.3. The highest BCUT2D eigenvalue weighted by molar-refractivity contribution is 6.74. The van der Waals surface area contributed by atoms with Gasteiger partial charge in [-0.15, -0.1) is 0 Å². The molecule has 0 aromatic heterocycles. The van der Waals surface area contributed by atoms with Gasteiger partial charge >= 0.3 is 0 Å². The van der Waals surface area contributed by atoms with Crippen LogP contribution in [0.1, 0.15) is 44.7 Å². The topological polar surface area (TPSA) is 29.5 Å². The van der Waals surface area contributed by atoms with Gasteiger partial charge in [-0.2, -0.15) is 0 Å². The molecular weight excluding hydrogens is 352 g/mol. The van der Waals surface area contributed by atoms with Crippen molar-refractivity contribution in [3.8, 4) is 0 Å². The zero-order valence-corrected chi connectivity index (χ0v) is 18.0. The lowest BCUT2D eigenvalue weighted by Gasteiger charge is -2.36. The molecule has 0 spiro atoms. The standard InChI is InChI=1S/C20H31F2NO2Si/c1-13-10-16(21)18(17(22)11-13)15-12-23(19(24)14(15)2)8-9-25-26(6,7)20(3,4)5/h10-11,14-15H,8-9,12H2,1-7H3/t14-,15+/m0/s1. The Hall–Kier alpha value is -1.27. The lowest BCUT2D eigenvalue weighted by molar-refractivity contribution is -0.130. The Morgan fingerprint density at radius 1 is 1.23 bits per heavy atom. The van der Waals surface area contributed by atoms with Crippen LogP contribution in [-0.4, -0.2) is 38.8 Å². The maximum atomic E-state index is 14.3. The van der Waals surface area contributed by atoms with Gasteiger partial charge in [0.1, 0.15) is 11.6 Å². The number of hydrogen-bond donors (Lipinski definition) is 0. The Morgan fingerprint density at radius 2 is 1.77 bits per heavy atom. The van der Waals surface area contributed by atoms with Crippen molar-refractivity contribution in [3.63, 3.8) is 0 Å². The molecule has 0 radical (unpaired) electrons. The molecule has 0 unspecified atom stereocenters. The number of halogens is 2. The molecule has 1 amide bonds. The number of carbonyl (C=O) groups is 1. The Kier molecular flexibility index (Phi) is 5.98. The van der Waals surface area contributed by atoms with Gasteiger partial charge in [-0.3, -0.25) is 4.79 Å². The Bertz CT molecular complexity index is 662. The second-order valence-electron chi connectivity index (χ2n) is 8.93. The van der Waals surface area contributed by atoms with Crippen molar-refractivity contribution in [2.24, 2.45) is 5.92 Å². The molecule has 1 heterocycles. The van der Waals surface area contributed by atoms with Gasteiger partial charge in [0, 0.05) is 30.5 Å². The third kappa shape index (κ3) is 4.17. The summed E-state index contributed by atoms with van der Waals surface area (Å²) in [5.41, 5.74) is 0.574. The van der Waals surface area contributed by atoms with Crippen LogP contribution in [0.5, 0.6) is 0 Å². The molecule has 2 rings (SSSR count). The molecule has 1 aromatic carbocycles. The second-order valence-corrected chi connectivity index (χ2v) is 13.7. The number of hydrogen-bond acceptors (Lipinski definition) is 2. The second kappa shape index (κ2) is 7.39. The van der Waals surface area contributed by atoms with Crippen molar-refractivity contribution in [2.75, 3.05) is 19.7 Å². The first-order valence-electron chi connectivity index (χ1n) is 9.23. The van der Waals surface area contributed by atoms with Crippen LogP contribution in [0.3, 0.4) is 0 Å². The van der Waals surface area contributed by atoms with E-state index in [2.05, 4.69) is 33.9 Å². The van der Waals surface area contributed by atoms with Gasteiger partial charge < -0.3 is 9.33 Å². The van der Waals surface area contributed by atoms with Crippen LogP contribution in [0.2, 0.25) is 18.1 Å². The molecule has 2 atom stereocenters. The van der Waals surface area contributed by atoms with E-state index in [0.29, 0.717) is 25.3 Å². The van der Waals surface area contributed by atoms with Crippen LogP contribution in [0.15, 0.2) is 12.1 Å². The van der Waals surface area contributed by atoms with E-state index >= 15 is 0 Å². The summed E-state index contributed by atoms with van der Waals surface area (Å²) in [7, 11) is -1.88. The van der Waals surface area contributed by atoms with Gasteiger partial charge in [0.25, 0.3) is 0 Å². The molecule has 1 aromatic rings. The van der Waals surface area contributed by atoms with Gasteiger partial charge in [0.05, 0.1) is 6.61 Å². The molecule has 1 saturated heterocycles. The van der Waals surface area contributed by atoms with Crippen molar-refractivity contribution < 1.29 is 18.0 Å². The molecule has 0 N–H and O–H groups in total. The molecule has 6 heteroatoms. The number of amides is 1. The highest BCUT2D eigenvalue weighted by atomic mass is 28.4. The average molecular weight is 384 g/mol. The summed E-state index contributed by atoms with van der Waals surface area (Å²) in [4.78, 5) is 14.2. The van der Waals surface area contributed by atoms with Gasteiger partial charge in [-0.05, 0) is 42.8 Å². The number of aryl methyl sites for hydroxylation is 1. The minimum absolute atomic E-state index is 0.0317. The maximum Gasteiger partial charge on any atom is 0.226 e. The fourth-order valence-corrected chi connectivity index (χ4v) is 4.22. The third-order valence-electron chi connectivity index (χ3n) is 5.95. The van der Waals surface area contributed by atoms with Crippen LogP contribution < -0.4 is 0 Å². The minimum atomic E-state index is -1.88. The first-order valence-corrected chi connectivity index (χ1v) is 12.1. The summed E-state index contributed by atoms with van der Waals surface area (Å²) in [5, 5.41) is 0.103. The van der Waals surface area contributed by atoms with E-state index in [1.54, 1.807) is 18.7 Å². The first kappa shape index (κ1) is 21.0. The molecular formula is C20H31F2NO2Si. The average Bonchev–Trinajstić information content (AvgIpc) is 2.74. The highest BCUT2D eigenvalue weighted by Crippen LogP contribution is 2.38. The van der Waals surface area contributed by atoms with Crippen LogP contribution in [-0.2, 0) is 9.22 Å². The number of carbonyl (C=O) groups excluding carboxylic acids is 1. The summed E-state index contributed by atoms with van der Waals surface area (Å²) >= 11 is 0. The van der Waals surface area contributed by atoms with E-state index in [1.807, 2.05) is 0 Å². The smallest absolute Gasteiger partial charge is 0.226 e. The van der Waals surface area contributed by atoms with Crippen molar-refractivity contribution >= 4 is 14.2 Å². The summed E-state index contributed by atoms with van der Waals surface area (Å²) < 4.78 is 34.8. The predicted octanol–water partition coefficient (Wildman–Crippen LogP) is 4.86. The third-order valence-corrected chi connectivity index (χ3v) is 10.5. The van der Waals surface area contributed by atoms with Crippen LogP contribution >= 0.6 is 0 Å². The fourth-order valence-electron chi connectivity index (χ4n) is 3.18. The Balaban J connectivity index is 2.08. The van der Waals surface area contributed by atoms with Crippen molar-refractivity contribution in [3.05, 3.63) is 34.9 Å². The van der Waals surface area contributed by atoms with E-state index < -0.39 is 31.8 Å². The molecule has 1 fully saturated rings. The van der Waals surface area contributed by atoms with Gasteiger partial charge in [0.2, 0.25) is 5.91 Å². The number of likely N-dealkylation sites (tertiary alicyclic amines) is 1. The van der Waals surface area contributed by atoms with E-state index in [-0.39, 0.29) is 16.5 Å². The van der Waals surface area contributed by atoms with Crippen molar-refractivity contribution in [2.45, 2.75) is 58.7 Å². The molecule has 1 aliphatic rings. The Labute approximate surface area is 156 Å². The molecule has 1 aliphatic heterocycles. The molecule has 0 saturated carbocycles. The first-order chi connectivity index (χ1) is 11.8.